The van der Waals surface area contributed by atoms with Crippen LogP contribution in [0.1, 0.15) is 6.42 Å². The van der Waals surface area contributed by atoms with Crippen molar-refractivity contribution >= 4 is 12.0 Å². The van der Waals surface area contributed by atoms with Crippen LogP contribution < -0.4 is 11.1 Å². The first-order valence-corrected chi connectivity index (χ1v) is 2.91. The third-order valence-corrected chi connectivity index (χ3v) is 1.22. The number of rotatable bonds is 1. The zero-order valence-electron chi connectivity index (χ0n) is 5.29. The molecule has 0 aromatic carbocycles. The number of carbonyl (C=O) groups excluding carboxylic acids is 2. The lowest BCUT2D eigenvalue weighted by Crippen LogP contribution is -2.24. The molecule has 1 aliphatic rings. The molecule has 0 aromatic rings. The minimum atomic E-state index is -0.832. The Bertz CT molecular complexity index is 168. The second-order valence-electron chi connectivity index (χ2n) is 2.07. The number of amides is 2. The SMILES string of the molecule is NC(=O)O[C@H]1CNC(=O)C1. The zero-order chi connectivity index (χ0) is 7.56. The van der Waals surface area contributed by atoms with Crippen molar-refractivity contribution in [3.63, 3.8) is 0 Å². The summed E-state index contributed by atoms with van der Waals surface area (Å²) in [5, 5.41) is 2.50. The standard InChI is InChI=1S/C5H8N2O3/c6-5(9)10-3-1-4(8)7-2-3/h3H,1-2H2,(H2,6,9)(H,7,8)/t3-/m1/s1. The number of nitrogens with one attached hydrogen (secondary N) is 1. The number of hydrogen-bond acceptors (Lipinski definition) is 3. The highest BCUT2D eigenvalue weighted by Gasteiger charge is 2.23. The molecule has 1 atom stereocenters. The van der Waals surface area contributed by atoms with Crippen molar-refractivity contribution in [2.75, 3.05) is 6.54 Å². The van der Waals surface area contributed by atoms with Crippen molar-refractivity contribution in [1.29, 1.82) is 0 Å². The molecule has 1 fully saturated rings. The van der Waals surface area contributed by atoms with Gasteiger partial charge in [0.2, 0.25) is 5.91 Å². The molecule has 2 amide bonds. The molecule has 5 heteroatoms. The van der Waals surface area contributed by atoms with Gasteiger partial charge in [-0.3, -0.25) is 4.79 Å². The van der Waals surface area contributed by atoms with Crippen LogP contribution in [-0.2, 0) is 9.53 Å². The van der Waals surface area contributed by atoms with Gasteiger partial charge in [-0.2, -0.15) is 0 Å². The van der Waals surface area contributed by atoms with Crippen LogP contribution in [0.4, 0.5) is 4.79 Å². The van der Waals surface area contributed by atoms with Crippen LogP contribution in [0.2, 0.25) is 0 Å². The summed E-state index contributed by atoms with van der Waals surface area (Å²) in [6.45, 7) is 0.377. The van der Waals surface area contributed by atoms with E-state index >= 15 is 0 Å². The van der Waals surface area contributed by atoms with Crippen LogP contribution in [-0.4, -0.2) is 24.6 Å². The first-order valence-electron chi connectivity index (χ1n) is 2.91. The molecule has 0 radical (unpaired) electrons. The van der Waals surface area contributed by atoms with Gasteiger partial charge in [-0.05, 0) is 0 Å². The van der Waals surface area contributed by atoms with Gasteiger partial charge in [0.1, 0.15) is 6.10 Å². The smallest absolute Gasteiger partial charge is 0.404 e. The summed E-state index contributed by atoms with van der Waals surface area (Å²) in [4.78, 5) is 20.6. The number of nitrogens with two attached hydrogens (primary N) is 1. The molecule has 1 saturated heterocycles. The van der Waals surface area contributed by atoms with Crippen molar-refractivity contribution in [1.82, 2.24) is 5.32 Å². The summed E-state index contributed by atoms with van der Waals surface area (Å²) in [7, 11) is 0. The highest BCUT2D eigenvalue weighted by Crippen LogP contribution is 2.03. The Hall–Kier alpha value is -1.26. The number of carbonyl (C=O) groups is 2. The first kappa shape index (κ1) is 6.85. The van der Waals surface area contributed by atoms with Crippen molar-refractivity contribution in [2.45, 2.75) is 12.5 Å². The summed E-state index contributed by atoms with van der Waals surface area (Å²) in [5.41, 5.74) is 4.72. The maximum Gasteiger partial charge on any atom is 0.404 e. The van der Waals surface area contributed by atoms with E-state index in [1.807, 2.05) is 0 Å². The second-order valence-corrected chi connectivity index (χ2v) is 2.07. The van der Waals surface area contributed by atoms with Crippen LogP contribution in [0.3, 0.4) is 0 Å². The van der Waals surface area contributed by atoms with E-state index in [0.29, 0.717) is 6.54 Å². The first-order chi connectivity index (χ1) is 4.68. The molecule has 1 aliphatic heterocycles. The van der Waals surface area contributed by atoms with Crippen LogP contribution in [0, 0.1) is 0 Å². The fourth-order valence-electron chi connectivity index (χ4n) is 0.826. The summed E-state index contributed by atoms with van der Waals surface area (Å²) >= 11 is 0. The minimum Gasteiger partial charge on any atom is -0.444 e. The average molecular weight is 144 g/mol. The van der Waals surface area contributed by atoms with E-state index in [-0.39, 0.29) is 18.4 Å². The zero-order valence-corrected chi connectivity index (χ0v) is 5.29. The molecule has 0 aromatic heterocycles. The largest absolute Gasteiger partial charge is 0.444 e. The van der Waals surface area contributed by atoms with E-state index in [1.54, 1.807) is 0 Å². The summed E-state index contributed by atoms with van der Waals surface area (Å²) in [6.07, 6.45) is -0.977. The van der Waals surface area contributed by atoms with Crippen molar-refractivity contribution < 1.29 is 14.3 Å². The van der Waals surface area contributed by atoms with Crippen LogP contribution in [0.15, 0.2) is 0 Å². The van der Waals surface area contributed by atoms with Crippen LogP contribution >= 0.6 is 0 Å². The third kappa shape index (κ3) is 1.61. The molecule has 0 aliphatic carbocycles. The Balaban J connectivity index is 2.31. The van der Waals surface area contributed by atoms with Gasteiger partial charge < -0.3 is 15.8 Å². The molecule has 10 heavy (non-hydrogen) atoms. The van der Waals surface area contributed by atoms with Gasteiger partial charge in [0, 0.05) is 0 Å². The summed E-state index contributed by atoms with van der Waals surface area (Å²) in [5.74, 6) is -0.105. The van der Waals surface area contributed by atoms with Gasteiger partial charge in [-0.1, -0.05) is 0 Å². The molecular weight excluding hydrogens is 136 g/mol. The van der Waals surface area contributed by atoms with Crippen molar-refractivity contribution in [3.05, 3.63) is 0 Å². The second kappa shape index (κ2) is 2.55. The van der Waals surface area contributed by atoms with Gasteiger partial charge in [0.15, 0.2) is 0 Å². The number of primary amides is 1. The molecule has 0 bridgehead atoms. The Morgan fingerprint density at radius 3 is 2.90 bits per heavy atom. The molecule has 3 N–H and O–H groups in total. The quantitative estimate of drug-likeness (QED) is 0.493. The Morgan fingerprint density at radius 2 is 2.50 bits per heavy atom. The molecule has 0 unspecified atom stereocenters. The molecule has 0 saturated carbocycles. The van der Waals surface area contributed by atoms with Gasteiger partial charge in [0.05, 0.1) is 13.0 Å². The normalized spacial score (nSPS) is 24.0. The van der Waals surface area contributed by atoms with E-state index in [4.69, 9.17) is 5.73 Å². The van der Waals surface area contributed by atoms with Crippen LogP contribution in [0.25, 0.3) is 0 Å². The van der Waals surface area contributed by atoms with E-state index in [2.05, 4.69) is 10.1 Å². The Morgan fingerprint density at radius 1 is 1.80 bits per heavy atom. The number of hydrogen-bond donors (Lipinski definition) is 2. The van der Waals surface area contributed by atoms with E-state index < -0.39 is 6.09 Å². The van der Waals surface area contributed by atoms with E-state index in [9.17, 15) is 9.59 Å². The Kier molecular flexibility index (Phi) is 1.75. The molecular formula is C5H8N2O3. The topological polar surface area (TPSA) is 81.4 Å². The van der Waals surface area contributed by atoms with Crippen molar-refractivity contribution in [3.8, 4) is 0 Å². The van der Waals surface area contributed by atoms with Crippen molar-refractivity contribution in [2.24, 2.45) is 5.73 Å². The van der Waals surface area contributed by atoms with E-state index in [0.717, 1.165) is 0 Å². The van der Waals surface area contributed by atoms with Gasteiger partial charge >= 0.3 is 6.09 Å². The molecule has 5 nitrogen and oxygen atoms in total. The van der Waals surface area contributed by atoms with E-state index in [1.165, 1.54) is 0 Å². The summed E-state index contributed by atoms with van der Waals surface area (Å²) < 4.78 is 4.54. The highest BCUT2D eigenvalue weighted by atomic mass is 16.6. The monoisotopic (exact) mass is 144 g/mol. The lowest BCUT2D eigenvalue weighted by atomic mass is 10.3. The maximum absolute atomic E-state index is 10.5. The molecule has 1 heterocycles. The Labute approximate surface area is 57.5 Å². The van der Waals surface area contributed by atoms with Gasteiger partial charge in [0.25, 0.3) is 0 Å². The number of ether oxygens (including phenoxy) is 1. The van der Waals surface area contributed by atoms with Gasteiger partial charge in [-0.25, -0.2) is 4.79 Å². The van der Waals surface area contributed by atoms with Gasteiger partial charge in [-0.15, -0.1) is 0 Å². The maximum atomic E-state index is 10.5. The minimum absolute atomic E-state index is 0.105. The molecule has 1 rings (SSSR count). The molecule has 56 valence electrons. The predicted molar refractivity (Wildman–Crippen MR) is 32.1 cm³/mol. The predicted octanol–water partition coefficient (Wildman–Crippen LogP) is -1.03. The summed E-state index contributed by atoms with van der Waals surface area (Å²) in [6, 6.07) is 0. The fraction of sp³-hybridized carbons (Fsp3) is 0.600. The fourth-order valence-corrected chi connectivity index (χ4v) is 0.826. The lowest BCUT2D eigenvalue weighted by molar-refractivity contribution is -0.119. The third-order valence-electron chi connectivity index (χ3n) is 1.22. The van der Waals surface area contributed by atoms with Crippen LogP contribution in [0.5, 0.6) is 0 Å². The lowest BCUT2D eigenvalue weighted by Gasteiger charge is -2.04. The average Bonchev–Trinajstić information content (AvgIpc) is 2.13. The highest BCUT2D eigenvalue weighted by molar-refractivity contribution is 5.79. The molecule has 0 spiro atoms.